The molecule has 6 aliphatic heterocycles. The molecule has 20 rings (SSSR count). The fraction of sp³-hybridized carbons (Fsp3) is 0.0256. The highest BCUT2D eigenvalue weighted by Gasteiger charge is 2.51. The number of hydrogen-bond donors (Lipinski definition) is 3. The molecule has 94 heavy (non-hydrogen) atoms. The minimum atomic E-state index is -0.292. The standard InChI is InChI=1S/C78H52B3N7O4S2/c1-93-87-64-44-62-56(80-72-63(82-62)36-51(89-48-26-12-5-13-27-48)37-66(72)85(46-22-8-3-9-23-46)75-54-32-18-20-34-60(54)83-77(75)80)42-57(64)79-59-43-58-65(45-70(59)92-71-41-53(40-69(87)74(71)79)91-50-30-16-7-17-31-50)88(94-2)68-39-52(90-49-28-14-6-15-29-49)38-67-73(68)81(58)78-76(55-33-19-21-35-61(55)84-78)86(67)47-24-10-4-11-25-47/h3-45,82-84H,1-2H3. The van der Waals surface area contributed by atoms with Crippen LogP contribution >= 0.6 is 23.9 Å². The smallest absolute Gasteiger partial charge is 0.272 e. The average molecular weight is 1250 g/mol. The van der Waals surface area contributed by atoms with Crippen molar-refractivity contribution in [2.75, 3.05) is 36.2 Å². The zero-order valence-electron chi connectivity index (χ0n) is 50.8. The molecule has 3 N–H and O–H groups in total. The van der Waals surface area contributed by atoms with Gasteiger partial charge in [-0.25, -0.2) is 0 Å². The van der Waals surface area contributed by atoms with Gasteiger partial charge in [0.15, 0.2) is 0 Å². The van der Waals surface area contributed by atoms with E-state index in [1.54, 1.807) is 23.9 Å². The molecule has 0 radical (unpaired) electrons. The van der Waals surface area contributed by atoms with Crippen molar-refractivity contribution in [1.82, 2.24) is 9.97 Å². The number of aromatic amines is 2. The molecule has 0 spiro atoms. The van der Waals surface area contributed by atoms with Crippen molar-refractivity contribution in [2.45, 2.75) is 0 Å². The van der Waals surface area contributed by atoms with Crippen LogP contribution in [0.5, 0.6) is 46.0 Å². The van der Waals surface area contributed by atoms with Gasteiger partial charge in [0.25, 0.3) is 20.1 Å². The summed E-state index contributed by atoms with van der Waals surface area (Å²) in [6.45, 7) is -0.743. The Labute approximate surface area is 552 Å². The van der Waals surface area contributed by atoms with Crippen molar-refractivity contribution in [1.29, 1.82) is 0 Å². The number of nitrogens with one attached hydrogen (secondary N) is 3. The van der Waals surface area contributed by atoms with Crippen LogP contribution in [-0.4, -0.2) is 42.6 Å². The maximum Gasteiger partial charge on any atom is 0.272 e. The van der Waals surface area contributed by atoms with Gasteiger partial charge < -0.3 is 44.0 Å². The SMILES string of the molecule is CSN1c2cc3c(cc2B2c4cc5c(cc4Oc4cc(Oc6ccccc6)cc1c42)N(SC)c1cc(Oc2ccccc2)cc2c1B5c1[nH]c4ccccc4c1N2c1ccccc1)B1c2[nH]c4ccccc4c2N(c2ccccc2)c2cc(Oc4ccccc4)cc(c21)N3. The summed E-state index contributed by atoms with van der Waals surface area (Å²) in [5.74, 6) is 5.95. The lowest BCUT2D eigenvalue weighted by molar-refractivity contribution is 0.463. The maximum absolute atomic E-state index is 7.55. The summed E-state index contributed by atoms with van der Waals surface area (Å²) >= 11 is 3.37. The third-order valence-corrected chi connectivity index (χ3v) is 20.9. The van der Waals surface area contributed by atoms with E-state index in [1.807, 2.05) is 91.0 Å². The Kier molecular flexibility index (Phi) is 11.8. The number of ether oxygens (including phenoxy) is 4. The summed E-state index contributed by atoms with van der Waals surface area (Å²) < 4.78 is 32.9. The highest BCUT2D eigenvalue weighted by molar-refractivity contribution is 8.00. The molecule has 0 amide bonds. The molecule has 0 atom stereocenters. The highest BCUT2D eigenvalue weighted by Crippen LogP contribution is 2.51. The minimum Gasteiger partial charge on any atom is -0.458 e. The average Bonchev–Trinajstić information content (AvgIpc) is 1.18. The second kappa shape index (κ2) is 20.7. The molecule has 12 aromatic carbocycles. The molecule has 14 aromatic rings. The zero-order chi connectivity index (χ0) is 61.9. The van der Waals surface area contributed by atoms with Crippen LogP contribution in [0, 0.1) is 0 Å². The zero-order valence-corrected chi connectivity index (χ0v) is 52.4. The predicted octanol–water partition coefficient (Wildman–Crippen LogP) is 14.8. The third-order valence-electron chi connectivity index (χ3n) is 19.4. The van der Waals surface area contributed by atoms with E-state index in [9.17, 15) is 0 Å². The Morgan fingerprint density at radius 1 is 0.340 bits per heavy atom. The van der Waals surface area contributed by atoms with E-state index in [-0.39, 0.29) is 20.1 Å². The second-order valence-corrected chi connectivity index (χ2v) is 26.0. The van der Waals surface area contributed by atoms with E-state index >= 15 is 0 Å². The van der Waals surface area contributed by atoms with Gasteiger partial charge in [-0.2, -0.15) is 0 Å². The van der Waals surface area contributed by atoms with Gasteiger partial charge >= 0.3 is 0 Å². The maximum atomic E-state index is 7.55. The Morgan fingerprint density at radius 3 is 1.33 bits per heavy atom. The van der Waals surface area contributed by atoms with Crippen LogP contribution in [0.15, 0.2) is 261 Å². The number of benzene rings is 12. The first kappa shape index (κ1) is 53.5. The number of nitrogens with zero attached hydrogens (tertiary/aromatic N) is 4. The largest absolute Gasteiger partial charge is 0.458 e. The van der Waals surface area contributed by atoms with E-state index in [4.69, 9.17) is 18.9 Å². The Balaban J connectivity index is 0.836. The van der Waals surface area contributed by atoms with Gasteiger partial charge in [0, 0.05) is 128 Å². The van der Waals surface area contributed by atoms with Crippen molar-refractivity contribution in [3.05, 3.63) is 261 Å². The lowest BCUT2D eigenvalue weighted by Crippen LogP contribution is -2.65. The molecule has 0 aliphatic carbocycles. The molecule has 0 saturated heterocycles. The number of H-pyrrole nitrogens is 2. The van der Waals surface area contributed by atoms with Crippen molar-refractivity contribution < 1.29 is 18.9 Å². The summed E-state index contributed by atoms with van der Waals surface area (Å²) in [6, 6.07) is 92.0. The van der Waals surface area contributed by atoms with Crippen LogP contribution in [0.25, 0.3) is 21.8 Å². The molecule has 0 bridgehead atoms. The van der Waals surface area contributed by atoms with Gasteiger partial charge in [-0.1, -0.05) is 140 Å². The van der Waals surface area contributed by atoms with Gasteiger partial charge in [-0.15, -0.1) is 0 Å². The van der Waals surface area contributed by atoms with Crippen LogP contribution < -0.4 is 92.1 Å². The molecular formula is C78H52B3N7O4S2. The second-order valence-electron chi connectivity index (χ2n) is 24.5. The molecule has 8 heterocycles. The van der Waals surface area contributed by atoms with E-state index in [0.717, 1.165) is 152 Å². The van der Waals surface area contributed by atoms with Gasteiger partial charge in [0.05, 0.1) is 28.4 Å². The molecule has 0 saturated carbocycles. The fourth-order valence-corrected chi connectivity index (χ4v) is 17.2. The van der Waals surface area contributed by atoms with E-state index in [2.05, 4.69) is 216 Å². The van der Waals surface area contributed by atoms with Gasteiger partial charge in [0.1, 0.15) is 46.0 Å². The van der Waals surface area contributed by atoms with Gasteiger partial charge in [-0.3, -0.25) is 8.61 Å². The number of rotatable bonds is 10. The first-order chi connectivity index (χ1) is 46.5. The van der Waals surface area contributed by atoms with Crippen molar-refractivity contribution in [3.63, 3.8) is 0 Å². The van der Waals surface area contributed by atoms with Crippen LogP contribution in [-0.2, 0) is 0 Å². The summed E-state index contributed by atoms with van der Waals surface area (Å²) in [4.78, 5) is 13.0. The fourth-order valence-electron chi connectivity index (χ4n) is 15.8. The summed E-state index contributed by atoms with van der Waals surface area (Å²) in [6.07, 6.45) is 4.33. The quantitative estimate of drug-likeness (QED) is 0.0903. The molecule has 11 nitrogen and oxygen atoms in total. The summed E-state index contributed by atoms with van der Waals surface area (Å²) in [7, 11) is 0. The Bertz CT molecular complexity index is 5470. The van der Waals surface area contributed by atoms with Crippen LogP contribution in [0.4, 0.5) is 68.2 Å². The summed E-state index contributed by atoms with van der Waals surface area (Å²) in [5.41, 5.74) is 25.0. The van der Waals surface area contributed by atoms with E-state index in [1.165, 1.54) is 27.3 Å². The molecule has 444 valence electrons. The number of fused-ring (bicyclic) bond motifs is 16. The summed E-state index contributed by atoms with van der Waals surface area (Å²) in [5, 5.41) is 6.37. The van der Waals surface area contributed by atoms with Crippen molar-refractivity contribution in [3.8, 4) is 46.0 Å². The predicted molar refractivity (Wildman–Crippen MR) is 393 cm³/mol. The molecule has 16 heteroatoms. The van der Waals surface area contributed by atoms with Crippen LogP contribution in [0.3, 0.4) is 0 Å². The lowest BCUT2D eigenvalue weighted by Gasteiger charge is -2.44. The lowest BCUT2D eigenvalue weighted by atomic mass is 9.30. The van der Waals surface area contributed by atoms with E-state index in [0.29, 0.717) is 5.75 Å². The van der Waals surface area contributed by atoms with Gasteiger partial charge in [-0.05, 0) is 141 Å². The van der Waals surface area contributed by atoms with Crippen LogP contribution in [0.2, 0.25) is 0 Å². The normalized spacial score (nSPS) is 13.7. The molecule has 2 aromatic heterocycles. The Hall–Kier alpha value is -11.2. The highest BCUT2D eigenvalue weighted by atomic mass is 32.2. The minimum absolute atomic E-state index is 0.219. The molecule has 0 unspecified atom stereocenters. The van der Waals surface area contributed by atoms with Crippen molar-refractivity contribution >= 4 is 184 Å². The van der Waals surface area contributed by atoms with Gasteiger partial charge in [0.2, 0.25) is 0 Å². The number of hydrogen-bond acceptors (Lipinski definition) is 11. The molecule has 6 aliphatic rings. The third kappa shape index (κ3) is 7.93. The monoisotopic (exact) mass is 1250 g/mol. The number of aromatic nitrogens is 2. The molecular weight excluding hydrogens is 1200 g/mol. The molecule has 0 fully saturated rings. The number of anilines is 12. The Morgan fingerprint density at radius 2 is 0.777 bits per heavy atom. The van der Waals surface area contributed by atoms with Crippen molar-refractivity contribution in [2.24, 2.45) is 0 Å². The first-order valence-corrected chi connectivity index (χ1v) is 34.0. The number of para-hydroxylation sites is 7. The topological polar surface area (TPSA) is 93.5 Å². The van der Waals surface area contributed by atoms with E-state index < -0.39 is 0 Å². The first-order valence-electron chi connectivity index (χ1n) is 31.6. The van der Waals surface area contributed by atoms with Crippen LogP contribution in [0.1, 0.15) is 0 Å².